The third-order valence-electron chi connectivity index (χ3n) is 5.46. The molecule has 2 aliphatic rings. The molecule has 118 valence electrons. The second-order valence-electron chi connectivity index (χ2n) is 7.01. The largest absolute Gasteiger partial charge is 0.389 e. The lowest BCUT2D eigenvalue weighted by Crippen LogP contribution is -2.24. The van der Waals surface area contributed by atoms with Gasteiger partial charge < -0.3 is 14.4 Å². The van der Waals surface area contributed by atoms with E-state index >= 15 is 0 Å². The maximum Gasteiger partial charge on any atom is 0.0959 e. The monoisotopic (exact) mass is 300 g/mol. The first-order valence-corrected chi connectivity index (χ1v) is 8.45. The lowest BCUT2D eigenvalue weighted by Gasteiger charge is -2.22. The fourth-order valence-electron chi connectivity index (χ4n) is 4.37. The summed E-state index contributed by atoms with van der Waals surface area (Å²) < 4.78 is 7.81. The van der Waals surface area contributed by atoms with Gasteiger partial charge in [-0.3, -0.25) is 0 Å². The summed E-state index contributed by atoms with van der Waals surface area (Å²) in [6.45, 7) is 1.78. The molecule has 1 aromatic heterocycles. The molecule has 1 aromatic carbocycles. The molecule has 4 atom stereocenters. The van der Waals surface area contributed by atoms with Gasteiger partial charge >= 0.3 is 0 Å². The van der Waals surface area contributed by atoms with Crippen molar-refractivity contribution in [1.82, 2.24) is 9.55 Å². The minimum Gasteiger partial charge on any atom is -0.389 e. The number of hydrogen-bond acceptors (Lipinski definition) is 3. The standard InChI is InChI=1S/C18H24N2O2/c21-16(9-20-12-19-17-3-1-2-4-18(17)20)11-22-10-15-8-13-5-6-14(15)7-13/h1-4,12-16,21H,5-11H2/t13-,14-,15+,16+/m1/s1. The highest BCUT2D eigenvalue weighted by Gasteiger charge is 2.39. The Hall–Kier alpha value is -1.39. The molecule has 2 saturated carbocycles. The van der Waals surface area contributed by atoms with Crippen molar-refractivity contribution < 1.29 is 9.84 Å². The van der Waals surface area contributed by atoms with Crippen LogP contribution in [0.1, 0.15) is 25.7 Å². The zero-order valence-electron chi connectivity index (χ0n) is 12.9. The Morgan fingerprint density at radius 2 is 2.18 bits per heavy atom. The Labute approximate surface area is 131 Å². The van der Waals surface area contributed by atoms with Gasteiger partial charge in [0, 0.05) is 6.61 Å². The van der Waals surface area contributed by atoms with E-state index in [2.05, 4.69) is 4.98 Å². The molecule has 2 bridgehead atoms. The number of nitrogens with zero attached hydrogens (tertiary/aromatic N) is 2. The van der Waals surface area contributed by atoms with E-state index in [4.69, 9.17) is 4.74 Å². The van der Waals surface area contributed by atoms with E-state index in [-0.39, 0.29) is 0 Å². The van der Waals surface area contributed by atoms with Crippen LogP contribution in [0.15, 0.2) is 30.6 Å². The molecule has 4 rings (SSSR count). The highest BCUT2D eigenvalue weighted by molar-refractivity contribution is 5.74. The van der Waals surface area contributed by atoms with Crippen molar-refractivity contribution in [1.29, 1.82) is 0 Å². The van der Waals surface area contributed by atoms with E-state index < -0.39 is 6.10 Å². The van der Waals surface area contributed by atoms with Crippen molar-refractivity contribution in [3.63, 3.8) is 0 Å². The molecule has 4 nitrogen and oxygen atoms in total. The van der Waals surface area contributed by atoms with Crippen LogP contribution in [0.3, 0.4) is 0 Å². The van der Waals surface area contributed by atoms with Crippen LogP contribution in [-0.4, -0.2) is 34.0 Å². The summed E-state index contributed by atoms with van der Waals surface area (Å²) in [6, 6.07) is 8.00. The quantitative estimate of drug-likeness (QED) is 0.892. The van der Waals surface area contributed by atoms with Gasteiger partial charge in [0.2, 0.25) is 0 Å². The highest BCUT2D eigenvalue weighted by atomic mass is 16.5. The lowest BCUT2D eigenvalue weighted by atomic mass is 9.90. The number of ether oxygens (including phenoxy) is 1. The van der Waals surface area contributed by atoms with Crippen molar-refractivity contribution in [2.75, 3.05) is 13.2 Å². The Kier molecular flexibility index (Phi) is 3.89. The van der Waals surface area contributed by atoms with Gasteiger partial charge in [0.15, 0.2) is 0 Å². The number of benzene rings is 1. The molecular formula is C18H24N2O2. The molecule has 1 N–H and O–H groups in total. The lowest BCUT2D eigenvalue weighted by molar-refractivity contribution is 0.00622. The van der Waals surface area contributed by atoms with E-state index in [0.29, 0.717) is 13.2 Å². The van der Waals surface area contributed by atoms with Crippen LogP contribution in [0.2, 0.25) is 0 Å². The van der Waals surface area contributed by atoms with Crippen molar-refractivity contribution in [2.24, 2.45) is 17.8 Å². The van der Waals surface area contributed by atoms with Gasteiger partial charge in [-0.15, -0.1) is 0 Å². The van der Waals surface area contributed by atoms with Crippen LogP contribution in [0.5, 0.6) is 0 Å². The van der Waals surface area contributed by atoms with Gasteiger partial charge in [0.25, 0.3) is 0 Å². The fraction of sp³-hybridized carbons (Fsp3) is 0.611. The van der Waals surface area contributed by atoms with E-state index in [0.717, 1.165) is 35.4 Å². The van der Waals surface area contributed by atoms with Gasteiger partial charge in [-0.2, -0.15) is 0 Å². The SMILES string of the molecule is O[C@H](COC[C@@H]1C[C@@H]2CC[C@@H]1C2)Cn1cnc2ccccc21. The number of imidazole rings is 1. The fourth-order valence-corrected chi connectivity index (χ4v) is 4.37. The van der Waals surface area contributed by atoms with Crippen molar-refractivity contribution in [3.8, 4) is 0 Å². The number of rotatable bonds is 6. The minimum atomic E-state index is -0.476. The summed E-state index contributed by atoms with van der Waals surface area (Å²) in [6.07, 6.45) is 6.89. The summed E-state index contributed by atoms with van der Waals surface area (Å²) in [5.41, 5.74) is 2.03. The zero-order valence-corrected chi connectivity index (χ0v) is 12.9. The second kappa shape index (κ2) is 6.01. The molecule has 0 aliphatic heterocycles. The normalized spacial score (nSPS) is 28.5. The molecule has 0 unspecified atom stereocenters. The third-order valence-corrected chi connectivity index (χ3v) is 5.46. The van der Waals surface area contributed by atoms with E-state index in [9.17, 15) is 5.11 Å². The average molecular weight is 300 g/mol. The van der Waals surface area contributed by atoms with E-state index in [1.807, 2.05) is 28.8 Å². The van der Waals surface area contributed by atoms with Crippen LogP contribution in [0, 0.1) is 17.8 Å². The Bertz CT molecular complexity index is 639. The Balaban J connectivity index is 1.27. The molecular weight excluding hydrogens is 276 g/mol. The van der Waals surface area contributed by atoms with Gasteiger partial charge in [0.05, 0.1) is 36.6 Å². The molecule has 2 aliphatic carbocycles. The zero-order chi connectivity index (χ0) is 14.9. The molecule has 0 saturated heterocycles. The maximum atomic E-state index is 10.2. The average Bonchev–Trinajstić information content (AvgIpc) is 3.23. The number of aromatic nitrogens is 2. The summed E-state index contributed by atoms with van der Waals surface area (Å²) >= 11 is 0. The highest BCUT2D eigenvalue weighted by Crippen LogP contribution is 2.48. The summed E-state index contributed by atoms with van der Waals surface area (Å²) in [7, 11) is 0. The maximum absolute atomic E-state index is 10.2. The minimum absolute atomic E-state index is 0.417. The smallest absolute Gasteiger partial charge is 0.0959 e. The topological polar surface area (TPSA) is 47.3 Å². The first-order chi connectivity index (χ1) is 10.8. The van der Waals surface area contributed by atoms with Crippen molar-refractivity contribution >= 4 is 11.0 Å². The van der Waals surface area contributed by atoms with Crippen LogP contribution in [0.25, 0.3) is 11.0 Å². The number of hydrogen-bond donors (Lipinski definition) is 1. The van der Waals surface area contributed by atoms with E-state index in [1.165, 1.54) is 25.7 Å². The first kappa shape index (κ1) is 14.2. The molecule has 22 heavy (non-hydrogen) atoms. The predicted octanol–water partition coefficient (Wildman–Crippen LogP) is 2.85. The van der Waals surface area contributed by atoms with Crippen LogP contribution in [-0.2, 0) is 11.3 Å². The number of aliphatic hydroxyl groups is 1. The molecule has 0 radical (unpaired) electrons. The summed E-state index contributed by atoms with van der Waals surface area (Å²) in [5.74, 6) is 2.58. The van der Waals surface area contributed by atoms with Gasteiger partial charge in [0.1, 0.15) is 0 Å². The third kappa shape index (κ3) is 2.77. The molecule has 4 heteroatoms. The second-order valence-corrected chi connectivity index (χ2v) is 7.01. The van der Waals surface area contributed by atoms with Crippen molar-refractivity contribution in [3.05, 3.63) is 30.6 Å². The summed E-state index contributed by atoms with van der Waals surface area (Å²) in [5, 5.41) is 10.2. The predicted molar refractivity (Wildman–Crippen MR) is 85.5 cm³/mol. The molecule has 0 spiro atoms. The molecule has 2 aromatic rings. The van der Waals surface area contributed by atoms with Crippen LogP contribution in [0.4, 0.5) is 0 Å². The molecule has 1 heterocycles. The molecule has 0 amide bonds. The number of fused-ring (bicyclic) bond motifs is 3. The van der Waals surface area contributed by atoms with Crippen molar-refractivity contribution in [2.45, 2.75) is 38.3 Å². The molecule has 2 fully saturated rings. The summed E-state index contributed by atoms with van der Waals surface area (Å²) in [4.78, 5) is 4.35. The van der Waals surface area contributed by atoms with Gasteiger partial charge in [-0.25, -0.2) is 4.98 Å². The van der Waals surface area contributed by atoms with Crippen LogP contribution < -0.4 is 0 Å². The van der Waals surface area contributed by atoms with Gasteiger partial charge in [-0.1, -0.05) is 18.6 Å². The van der Waals surface area contributed by atoms with Crippen LogP contribution >= 0.6 is 0 Å². The van der Waals surface area contributed by atoms with Gasteiger partial charge in [-0.05, 0) is 49.1 Å². The first-order valence-electron chi connectivity index (χ1n) is 8.45. The number of para-hydroxylation sites is 2. The number of aliphatic hydroxyl groups excluding tert-OH is 1. The Morgan fingerprint density at radius 1 is 1.27 bits per heavy atom. The van der Waals surface area contributed by atoms with E-state index in [1.54, 1.807) is 6.33 Å². The Morgan fingerprint density at radius 3 is 3.00 bits per heavy atom.